The van der Waals surface area contributed by atoms with Crippen molar-refractivity contribution in [2.24, 2.45) is 0 Å². The van der Waals surface area contributed by atoms with Gasteiger partial charge in [-0.15, -0.1) is 4.31 Å². The number of ether oxygens (including phenoxy) is 2. The SMILES string of the molecule is CCOc1ccccc1S(=O)(=O)N(C1(C)C=CC=C(OCC#N)C1)C(C)(C)[P+](=O)[O-]. The van der Waals surface area contributed by atoms with Crippen LogP contribution in [-0.2, 0) is 19.3 Å². The summed E-state index contributed by atoms with van der Waals surface area (Å²) < 4.78 is 51.7. The van der Waals surface area contributed by atoms with Crippen molar-refractivity contribution in [2.75, 3.05) is 13.2 Å². The topological polar surface area (TPSA) is 120 Å². The first-order valence-electron chi connectivity index (χ1n) is 9.30. The van der Waals surface area contributed by atoms with Crippen molar-refractivity contribution in [3.05, 3.63) is 48.3 Å². The number of rotatable bonds is 9. The van der Waals surface area contributed by atoms with E-state index in [0.717, 1.165) is 4.31 Å². The highest BCUT2D eigenvalue weighted by Gasteiger charge is 2.55. The molecule has 2 unspecified atom stereocenters. The Hall–Kier alpha value is -2.24. The van der Waals surface area contributed by atoms with Crippen molar-refractivity contribution in [1.29, 1.82) is 5.26 Å². The van der Waals surface area contributed by atoms with Gasteiger partial charge >= 0.3 is 8.03 Å². The highest BCUT2D eigenvalue weighted by molar-refractivity contribution is 7.89. The lowest BCUT2D eigenvalue weighted by Crippen LogP contribution is -2.58. The van der Waals surface area contributed by atoms with Crippen molar-refractivity contribution in [2.45, 2.75) is 49.8 Å². The van der Waals surface area contributed by atoms with E-state index in [1.165, 1.54) is 26.0 Å². The number of para-hydroxylation sites is 1. The van der Waals surface area contributed by atoms with E-state index in [2.05, 4.69) is 0 Å². The van der Waals surface area contributed by atoms with E-state index < -0.39 is 28.9 Å². The highest BCUT2D eigenvalue weighted by atomic mass is 32.2. The van der Waals surface area contributed by atoms with Gasteiger partial charge in [-0.25, -0.2) is 8.42 Å². The molecule has 1 aliphatic carbocycles. The summed E-state index contributed by atoms with van der Waals surface area (Å²) in [5, 5.41) is 7.02. The minimum Gasteiger partial charge on any atom is -0.594 e. The smallest absolute Gasteiger partial charge is 0.331 e. The Kier molecular flexibility index (Phi) is 7.43. The van der Waals surface area contributed by atoms with Gasteiger partial charge < -0.3 is 14.4 Å². The monoisotopic (exact) mass is 452 g/mol. The van der Waals surface area contributed by atoms with Gasteiger partial charge in [0.15, 0.2) is 6.61 Å². The zero-order chi connectivity index (χ0) is 22.6. The molecule has 0 aliphatic heterocycles. The third-order valence-corrected chi connectivity index (χ3v) is 8.14. The molecule has 2 rings (SSSR count). The number of benzene rings is 1. The van der Waals surface area contributed by atoms with Crippen LogP contribution in [0.15, 0.2) is 53.1 Å². The van der Waals surface area contributed by atoms with E-state index in [4.69, 9.17) is 14.7 Å². The molecule has 0 radical (unpaired) electrons. The van der Waals surface area contributed by atoms with Crippen molar-refractivity contribution < 1.29 is 27.3 Å². The maximum atomic E-state index is 13.8. The van der Waals surface area contributed by atoms with Crippen LogP contribution in [0.1, 0.15) is 34.1 Å². The van der Waals surface area contributed by atoms with Crippen LogP contribution < -0.4 is 9.63 Å². The van der Waals surface area contributed by atoms with Gasteiger partial charge in [-0.05, 0) is 32.1 Å². The van der Waals surface area contributed by atoms with Gasteiger partial charge in [0.2, 0.25) is 5.28 Å². The van der Waals surface area contributed by atoms with Crippen molar-refractivity contribution in [3.63, 3.8) is 0 Å². The van der Waals surface area contributed by atoms with E-state index in [1.54, 1.807) is 44.2 Å². The predicted octanol–water partition coefficient (Wildman–Crippen LogP) is 3.06. The maximum Gasteiger partial charge on any atom is 0.331 e. The molecule has 0 aromatic heterocycles. The van der Waals surface area contributed by atoms with Crippen LogP contribution in [0.25, 0.3) is 0 Å². The fraction of sp³-hybridized carbons (Fsp3) is 0.450. The summed E-state index contributed by atoms with van der Waals surface area (Å²) in [5.74, 6) is 0.526. The highest BCUT2D eigenvalue weighted by Crippen LogP contribution is 2.47. The Morgan fingerprint density at radius 3 is 2.60 bits per heavy atom. The van der Waals surface area contributed by atoms with Crippen LogP contribution in [-0.4, -0.2) is 36.8 Å². The second-order valence-corrected chi connectivity index (χ2v) is 10.7. The summed E-state index contributed by atoms with van der Waals surface area (Å²) in [5.41, 5.74) is -1.27. The maximum absolute atomic E-state index is 13.8. The van der Waals surface area contributed by atoms with E-state index in [9.17, 15) is 17.9 Å². The Balaban J connectivity index is 2.66. The lowest BCUT2D eigenvalue weighted by Gasteiger charge is -2.44. The molecule has 1 aliphatic rings. The third kappa shape index (κ3) is 4.73. The largest absolute Gasteiger partial charge is 0.594 e. The van der Waals surface area contributed by atoms with Crippen LogP contribution >= 0.6 is 8.03 Å². The number of sulfonamides is 1. The normalized spacial score (nSPS) is 19.8. The molecule has 0 N–H and O–H groups in total. The van der Waals surface area contributed by atoms with Gasteiger partial charge in [0.05, 0.1) is 17.9 Å². The van der Waals surface area contributed by atoms with Crippen LogP contribution in [0.5, 0.6) is 5.75 Å². The Bertz CT molecular complexity index is 1010. The van der Waals surface area contributed by atoms with E-state index in [0.29, 0.717) is 5.76 Å². The first kappa shape index (κ1) is 24.0. The summed E-state index contributed by atoms with van der Waals surface area (Å²) in [6.45, 7) is 6.08. The molecule has 0 fully saturated rings. The summed E-state index contributed by atoms with van der Waals surface area (Å²) in [4.78, 5) is 12.1. The molecule has 10 heteroatoms. The zero-order valence-corrected chi connectivity index (χ0v) is 19.1. The molecule has 0 heterocycles. The van der Waals surface area contributed by atoms with E-state index in [1.807, 2.05) is 6.07 Å². The number of allylic oxidation sites excluding steroid dienone is 2. The van der Waals surface area contributed by atoms with Crippen LogP contribution in [0, 0.1) is 11.3 Å². The molecule has 162 valence electrons. The second kappa shape index (κ2) is 9.27. The molecule has 0 amide bonds. The summed E-state index contributed by atoms with van der Waals surface area (Å²) in [6, 6.07) is 7.98. The lowest BCUT2D eigenvalue weighted by atomic mass is 9.91. The molecule has 30 heavy (non-hydrogen) atoms. The quantitative estimate of drug-likeness (QED) is 0.528. The van der Waals surface area contributed by atoms with Crippen LogP contribution in [0.2, 0.25) is 0 Å². The standard InChI is InChI=1S/C20H25N2O6PS/c1-5-27-17-10-6-7-11-18(17)30(25,26)22(19(2,3)29(23)24)20(4)12-8-9-16(15-20)28-14-13-21/h6-12H,5,14-15H2,1-4H3. The van der Waals surface area contributed by atoms with Crippen molar-refractivity contribution in [3.8, 4) is 11.8 Å². The van der Waals surface area contributed by atoms with Crippen LogP contribution in [0.4, 0.5) is 0 Å². The molecular formula is C20H25N2O6PS. The number of nitrogens with zero attached hydrogens (tertiary/aromatic N) is 2. The molecule has 8 nitrogen and oxygen atoms in total. The summed E-state index contributed by atoms with van der Waals surface area (Å²) in [7, 11) is -7.51. The molecule has 1 aromatic carbocycles. The fourth-order valence-electron chi connectivity index (χ4n) is 3.50. The van der Waals surface area contributed by atoms with Gasteiger partial charge in [0.1, 0.15) is 16.7 Å². The molecule has 0 spiro atoms. The molecular weight excluding hydrogens is 427 g/mol. The Labute approximate surface area is 178 Å². The number of nitriles is 1. The number of hydrogen-bond donors (Lipinski definition) is 0. The molecule has 0 bridgehead atoms. The molecule has 0 saturated carbocycles. The molecule has 2 atom stereocenters. The van der Waals surface area contributed by atoms with Gasteiger partial charge in [-0.3, -0.25) is 0 Å². The van der Waals surface area contributed by atoms with E-state index >= 15 is 0 Å². The van der Waals surface area contributed by atoms with Crippen LogP contribution in [0.3, 0.4) is 0 Å². The first-order valence-corrected chi connectivity index (χ1v) is 11.9. The minimum atomic E-state index is -4.33. The average molecular weight is 452 g/mol. The minimum absolute atomic E-state index is 0.0633. The third-order valence-electron chi connectivity index (χ3n) is 4.67. The van der Waals surface area contributed by atoms with Gasteiger partial charge in [0.25, 0.3) is 10.0 Å². The van der Waals surface area contributed by atoms with Gasteiger partial charge in [0, 0.05) is 20.3 Å². The van der Waals surface area contributed by atoms with Gasteiger partial charge in [-0.1, -0.05) is 28.8 Å². The first-order chi connectivity index (χ1) is 14.0. The van der Waals surface area contributed by atoms with Gasteiger partial charge in [-0.2, -0.15) is 5.26 Å². The summed E-state index contributed by atoms with van der Waals surface area (Å²) in [6.07, 6.45) is 4.91. The predicted molar refractivity (Wildman–Crippen MR) is 110 cm³/mol. The van der Waals surface area contributed by atoms with Crippen molar-refractivity contribution in [1.82, 2.24) is 4.31 Å². The molecule has 0 saturated heterocycles. The van der Waals surface area contributed by atoms with Crippen molar-refractivity contribution >= 4 is 18.1 Å². The number of hydrogen-bond acceptors (Lipinski definition) is 7. The zero-order valence-electron chi connectivity index (χ0n) is 17.4. The average Bonchev–Trinajstić information content (AvgIpc) is 2.66. The molecule has 1 aromatic rings. The lowest BCUT2D eigenvalue weighted by molar-refractivity contribution is -0.173. The van der Waals surface area contributed by atoms with E-state index in [-0.39, 0.29) is 30.3 Å². The fourth-order valence-corrected chi connectivity index (χ4v) is 6.49. The summed E-state index contributed by atoms with van der Waals surface area (Å²) >= 11 is 0. The second-order valence-electron chi connectivity index (χ2n) is 7.37. The Morgan fingerprint density at radius 2 is 2.00 bits per heavy atom. The Morgan fingerprint density at radius 1 is 1.33 bits per heavy atom.